The van der Waals surface area contributed by atoms with E-state index < -0.39 is 24.0 Å². The highest BCUT2D eigenvalue weighted by Gasteiger charge is 2.57. The number of hydrogen-bond acceptors (Lipinski definition) is 6. The van der Waals surface area contributed by atoms with Gasteiger partial charge in [-0.05, 0) is 41.8 Å². The van der Waals surface area contributed by atoms with Gasteiger partial charge in [-0.3, -0.25) is 19.3 Å². The summed E-state index contributed by atoms with van der Waals surface area (Å²) >= 11 is 3.28. The van der Waals surface area contributed by atoms with Crippen molar-refractivity contribution < 1.29 is 28.6 Å². The molecule has 0 aromatic heterocycles. The van der Waals surface area contributed by atoms with Crippen molar-refractivity contribution in [3.05, 3.63) is 46.6 Å². The van der Waals surface area contributed by atoms with Crippen molar-refractivity contribution in [2.45, 2.75) is 64.1 Å². The number of halogens is 1. The van der Waals surface area contributed by atoms with Gasteiger partial charge in [-0.15, -0.1) is 0 Å². The van der Waals surface area contributed by atoms with Crippen LogP contribution < -0.4 is 0 Å². The first-order valence-electron chi connectivity index (χ1n) is 9.97. The van der Waals surface area contributed by atoms with Crippen LogP contribution in [0.25, 0.3) is 0 Å². The second-order valence-corrected chi connectivity index (χ2v) is 8.77. The SMILES string of the molecule is CC[C@H]1OC(N2C=C(Br)C(=O)N(OCc3ccccc3)CC2=O)C2OC(C)(C)O[C@H]21. The molecule has 1 aromatic carbocycles. The highest BCUT2D eigenvalue weighted by molar-refractivity contribution is 9.12. The first-order chi connectivity index (χ1) is 14.3. The molecule has 162 valence electrons. The zero-order valence-electron chi connectivity index (χ0n) is 17.1. The zero-order valence-corrected chi connectivity index (χ0v) is 18.7. The molecule has 4 atom stereocenters. The fraction of sp³-hybridized carbons (Fsp3) is 0.524. The van der Waals surface area contributed by atoms with E-state index in [4.69, 9.17) is 19.0 Å². The van der Waals surface area contributed by atoms with Gasteiger partial charge in [-0.25, -0.2) is 5.06 Å². The smallest absolute Gasteiger partial charge is 0.286 e. The van der Waals surface area contributed by atoms with Gasteiger partial charge in [0.2, 0.25) is 0 Å². The summed E-state index contributed by atoms with van der Waals surface area (Å²) in [5.41, 5.74) is 0.894. The number of fused-ring (bicyclic) bond motifs is 1. The molecule has 2 unspecified atom stereocenters. The maximum Gasteiger partial charge on any atom is 0.286 e. The third kappa shape index (κ3) is 4.17. The summed E-state index contributed by atoms with van der Waals surface area (Å²) in [4.78, 5) is 32.9. The molecule has 2 saturated heterocycles. The maximum absolute atomic E-state index is 13.1. The predicted octanol–water partition coefficient (Wildman–Crippen LogP) is 2.68. The topological polar surface area (TPSA) is 77.5 Å². The van der Waals surface area contributed by atoms with Gasteiger partial charge in [-0.2, -0.15) is 0 Å². The minimum Gasteiger partial charge on any atom is -0.349 e. The van der Waals surface area contributed by atoms with E-state index in [1.54, 1.807) is 0 Å². The minimum atomic E-state index is -0.763. The molecule has 3 aliphatic rings. The number of amides is 2. The number of benzene rings is 1. The maximum atomic E-state index is 13.1. The van der Waals surface area contributed by atoms with Crippen LogP contribution in [0, 0.1) is 0 Å². The normalized spacial score (nSPS) is 31.0. The number of ether oxygens (including phenoxy) is 3. The Bertz CT molecular complexity index is 845. The summed E-state index contributed by atoms with van der Waals surface area (Å²) in [6, 6.07) is 9.44. The monoisotopic (exact) mass is 480 g/mol. The van der Waals surface area contributed by atoms with Crippen LogP contribution >= 0.6 is 15.9 Å². The molecule has 0 saturated carbocycles. The van der Waals surface area contributed by atoms with Gasteiger partial charge in [-0.1, -0.05) is 37.3 Å². The van der Waals surface area contributed by atoms with E-state index >= 15 is 0 Å². The van der Waals surface area contributed by atoms with E-state index in [1.807, 2.05) is 51.1 Å². The van der Waals surface area contributed by atoms with Gasteiger partial charge in [0.1, 0.15) is 29.8 Å². The molecule has 0 N–H and O–H groups in total. The zero-order chi connectivity index (χ0) is 21.5. The van der Waals surface area contributed by atoms with Crippen molar-refractivity contribution in [1.29, 1.82) is 0 Å². The lowest BCUT2D eigenvalue weighted by Gasteiger charge is -2.30. The molecule has 2 amide bonds. The lowest BCUT2D eigenvalue weighted by molar-refractivity contribution is -0.206. The second-order valence-electron chi connectivity index (χ2n) is 7.92. The Morgan fingerprint density at radius 1 is 1.17 bits per heavy atom. The molecule has 8 nitrogen and oxygen atoms in total. The van der Waals surface area contributed by atoms with E-state index in [1.165, 1.54) is 11.1 Å². The minimum absolute atomic E-state index is 0.174. The number of carbonyl (C=O) groups excluding carboxylic acids is 2. The molecule has 9 heteroatoms. The highest BCUT2D eigenvalue weighted by Crippen LogP contribution is 2.41. The first-order valence-corrected chi connectivity index (χ1v) is 10.8. The summed E-state index contributed by atoms with van der Waals surface area (Å²) < 4.78 is 18.3. The van der Waals surface area contributed by atoms with Gasteiger partial charge in [0, 0.05) is 6.20 Å². The Morgan fingerprint density at radius 3 is 2.57 bits per heavy atom. The van der Waals surface area contributed by atoms with Crippen LogP contribution in [-0.4, -0.2) is 58.6 Å². The van der Waals surface area contributed by atoms with Gasteiger partial charge in [0.25, 0.3) is 11.8 Å². The number of carbonyl (C=O) groups is 2. The van der Waals surface area contributed by atoms with Gasteiger partial charge >= 0.3 is 0 Å². The van der Waals surface area contributed by atoms with Crippen molar-refractivity contribution in [2.75, 3.05) is 6.54 Å². The number of nitrogens with zero attached hydrogens (tertiary/aromatic N) is 2. The van der Waals surface area contributed by atoms with Gasteiger partial charge < -0.3 is 14.2 Å². The van der Waals surface area contributed by atoms with Crippen molar-refractivity contribution >= 4 is 27.7 Å². The molecule has 4 rings (SSSR count). The lowest BCUT2D eigenvalue weighted by Crippen LogP contribution is -2.47. The number of rotatable bonds is 5. The van der Waals surface area contributed by atoms with Crippen LogP contribution in [0.1, 0.15) is 32.8 Å². The van der Waals surface area contributed by atoms with Crippen LogP contribution in [0.15, 0.2) is 41.0 Å². The van der Waals surface area contributed by atoms with E-state index in [0.29, 0.717) is 0 Å². The highest BCUT2D eigenvalue weighted by atomic mass is 79.9. The van der Waals surface area contributed by atoms with E-state index in [0.717, 1.165) is 17.0 Å². The molecule has 0 spiro atoms. The molecule has 1 aromatic rings. The third-order valence-corrected chi connectivity index (χ3v) is 5.83. The molecule has 2 fully saturated rings. The molecule has 3 heterocycles. The quantitative estimate of drug-likeness (QED) is 0.644. The fourth-order valence-corrected chi connectivity index (χ4v) is 4.32. The summed E-state index contributed by atoms with van der Waals surface area (Å²) in [6.07, 6.45) is 0.548. The van der Waals surface area contributed by atoms with Crippen LogP contribution in [0.4, 0.5) is 0 Å². The number of hydroxylamine groups is 2. The van der Waals surface area contributed by atoms with E-state index in [2.05, 4.69) is 15.9 Å². The molecular formula is C21H25BrN2O6. The molecule has 30 heavy (non-hydrogen) atoms. The Kier molecular flexibility index (Phi) is 6.00. The largest absolute Gasteiger partial charge is 0.349 e. The number of hydrogen-bond donors (Lipinski definition) is 0. The second kappa shape index (κ2) is 8.39. The Balaban J connectivity index is 1.52. The Hall–Kier alpha value is -1.78. The lowest BCUT2D eigenvalue weighted by atomic mass is 10.1. The summed E-state index contributed by atoms with van der Waals surface area (Å²) in [7, 11) is 0. The van der Waals surface area contributed by atoms with Gasteiger partial charge in [0.05, 0.1) is 6.10 Å². The Labute approximate surface area is 183 Å². The van der Waals surface area contributed by atoms with Crippen LogP contribution in [-0.2, 0) is 35.2 Å². The van der Waals surface area contributed by atoms with Crippen LogP contribution in [0.2, 0.25) is 0 Å². The van der Waals surface area contributed by atoms with Crippen LogP contribution in [0.5, 0.6) is 0 Å². The summed E-state index contributed by atoms with van der Waals surface area (Å²) in [6.45, 7) is 5.61. The van der Waals surface area contributed by atoms with Crippen molar-refractivity contribution in [2.24, 2.45) is 0 Å². The first kappa shape index (κ1) is 21.5. The Morgan fingerprint density at radius 2 is 1.87 bits per heavy atom. The van der Waals surface area contributed by atoms with E-state index in [-0.39, 0.29) is 35.7 Å². The average Bonchev–Trinajstić information content (AvgIpc) is 3.18. The summed E-state index contributed by atoms with van der Waals surface area (Å²) in [5.74, 6) is -1.53. The van der Waals surface area contributed by atoms with E-state index in [9.17, 15) is 9.59 Å². The molecule has 0 radical (unpaired) electrons. The molecule has 3 aliphatic heterocycles. The summed E-state index contributed by atoms with van der Waals surface area (Å²) in [5, 5.41) is 1.07. The van der Waals surface area contributed by atoms with Crippen LogP contribution in [0.3, 0.4) is 0 Å². The standard InChI is InChI=1S/C21H25BrN2O6/c1-4-15-17-18(30-21(2,3)29-17)20(28-15)23-10-14(22)19(26)24(11-16(23)25)27-12-13-8-6-5-7-9-13/h5-10,15,17-18,20H,4,11-12H2,1-3H3/t15-,17+,18?,20?/m1/s1. The fourth-order valence-electron chi connectivity index (χ4n) is 3.90. The predicted molar refractivity (Wildman–Crippen MR) is 110 cm³/mol. The third-order valence-electron chi connectivity index (χ3n) is 5.28. The molecule has 0 bridgehead atoms. The molecular weight excluding hydrogens is 456 g/mol. The average molecular weight is 481 g/mol. The molecule has 0 aliphatic carbocycles. The van der Waals surface area contributed by atoms with Gasteiger partial charge in [0.15, 0.2) is 12.0 Å². The van der Waals surface area contributed by atoms with Crippen molar-refractivity contribution in [1.82, 2.24) is 9.96 Å². The van der Waals surface area contributed by atoms with Crippen molar-refractivity contribution in [3.63, 3.8) is 0 Å². The van der Waals surface area contributed by atoms with Crippen molar-refractivity contribution in [3.8, 4) is 0 Å².